The molecule has 0 aromatic heterocycles. The van der Waals surface area contributed by atoms with Crippen LogP contribution in [0.25, 0.3) is 0 Å². The number of carbonyl (C=O) groups is 3. The van der Waals surface area contributed by atoms with Crippen molar-refractivity contribution in [3.8, 4) is 0 Å². The Kier molecular flexibility index (Phi) is 43.4. The Morgan fingerprint density at radius 3 is 0.927 bits per heavy atom. The maximum atomic E-state index is 12.7. The summed E-state index contributed by atoms with van der Waals surface area (Å²) in [5.41, 5.74) is 0. The fraction of sp³-hybridized carbons (Fsp3) is 0.898. The first-order valence-electron chi connectivity index (χ1n) is 24.2. The molecule has 324 valence electrons. The Balaban J connectivity index is 4.34. The van der Waals surface area contributed by atoms with Gasteiger partial charge in [0.1, 0.15) is 13.2 Å². The maximum absolute atomic E-state index is 12.7. The molecule has 55 heavy (non-hydrogen) atoms. The Labute approximate surface area is 341 Å². The minimum Gasteiger partial charge on any atom is -0.462 e. The average molecular weight is 777 g/mol. The molecule has 0 aromatic rings. The van der Waals surface area contributed by atoms with Gasteiger partial charge in [-0.05, 0) is 44.9 Å². The van der Waals surface area contributed by atoms with Gasteiger partial charge in [0.25, 0.3) is 0 Å². The van der Waals surface area contributed by atoms with Gasteiger partial charge in [-0.15, -0.1) is 0 Å². The van der Waals surface area contributed by atoms with Gasteiger partial charge in [0.05, 0.1) is 0 Å². The van der Waals surface area contributed by atoms with E-state index in [1.165, 1.54) is 161 Å². The third-order valence-corrected chi connectivity index (χ3v) is 10.8. The highest BCUT2D eigenvalue weighted by Crippen LogP contribution is 2.15. The minimum atomic E-state index is -0.764. The quantitative estimate of drug-likeness (QED) is 0.0265. The lowest BCUT2D eigenvalue weighted by Crippen LogP contribution is -2.30. The zero-order chi connectivity index (χ0) is 40.1. The van der Waals surface area contributed by atoms with Crippen LogP contribution in [0.3, 0.4) is 0 Å². The molecule has 1 atom stereocenters. The summed E-state index contributed by atoms with van der Waals surface area (Å²) in [6, 6.07) is 0. The van der Waals surface area contributed by atoms with Crippen molar-refractivity contribution in [3.05, 3.63) is 12.2 Å². The first-order valence-corrected chi connectivity index (χ1v) is 24.2. The van der Waals surface area contributed by atoms with Gasteiger partial charge in [-0.1, -0.05) is 213 Å². The Morgan fingerprint density at radius 2 is 0.600 bits per heavy atom. The van der Waals surface area contributed by atoms with Crippen LogP contribution in [0.4, 0.5) is 0 Å². The second kappa shape index (κ2) is 44.9. The van der Waals surface area contributed by atoms with Crippen molar-refractivity contribution in [2.24, 2.45) is 0 Å². The molecule has 1 unspecified atom stereocenters. The molecule has 6 nitrogen and oxygen atoms in total. The van der Waals surface area contributed by atoms with Crippen LogP contribution in [0.1, 0.15) is 265 Å². The van der Waals surface area contributed by atoms with E-state index in [1.807, 2.05) is 0 Å². The molecule has 0 aliphatic heterocycles. The molecule has 0 rings (SSSR count). The summed E-state index contributed by atoms with van der Waals surface area (Å²) in [5, 5.41) is 0. The summed E-state index contributed by atoms with van der Waals surface area (Å²) in [5.74, 6) is -0.866. The van der Waals surface area contributed by atoms with E-state index in [-0.39, 0.29) is 31.1 Å². The molecule has 0 heterocycles. The highest BCUT2D eigenvalue weighted by molar-refractivity contribution is 5.71. The molecule has 0 saturated carbocycles. The van der Waals surface area contributed by atoms with E-state index in [2.05, 4.69) is 32.9 Å². The molecule has 0 amide bonds. The van der Waals surface area contributed by atoms with Crippen molar-refractivity contribution in [3.63, 3.8) is 0 Å². The molecular weight excluding hydrogens is 685 g/mol. The lowest BCUT2D eigenvalue weighted by Gasteiger charge is -2.18. The Morgan fingerprint density at radius 1 is 0.345 bits per heavy atom. The van der Waals surface area contributed by atoms with Crippen LogP contribution in [-0.2, 0) is 28.6 Å². The van der Waals surface area contributed by atoms with E-state index in [9.17, 15) is 14.4 Å². The van der Waals surface area contributed by atoms with Gasteiger partial charge in [0.15, 0.2) is 6.10 Å². The zero-order valence-electron chi connectivity index (χ0n) is 37.0. The summed E-state index contributed by atoms with van der Waals surface area (Å²) in [4.78, 5) is 37.8. The fourth-order valence-electron chi connectivity index (χ4n) is 7.08. The largest absolute Gasteiger partial charge is 0.462 e. The number of carbonyl (C=O) groups excluding carboxylic acids is 3. The summed E-state index contributed by atoms with van der Waals surface area (Å²) < 4.78 is 16.7. The van der Waals surface area contributed by atoms with Crippen molar-refractivity contribution in [1.29, 1.82) is 0 Å². The molecule has 0 aliphatic carbocycles. The van der Waals surface area contributed by atoms with Gasteiger partial charge < -0.3 is 14.2 Å². The first-order chi connectivity index (χ1) is 27.0. The van der Waals surface area contributed by atoms with Gasteiger partial charge in [0, 0.05) is 19.3 Å². The molecule has 0 aliphatic rings. The molecule has 6 heteroatoms. The molecule has 0 saturated heterocycles. The molecular formula is C49H92O6. The summed E-state index contributed by atoms with van der Waals surface area (Å²) in [7, 11) is 0. The zero-order valence-corrected chi connectivity index (χ0v) is 37.0. The van der Waals surface area contributed by atoms with Crippen LogP contribution < -0.4 is 0 Å². The number of ether oxygens (including phenoxy) is 3. The highest BCUT2D eigenvalue weighted by atomic mass is 16.6. The number of rotatable bonds is 44. The van der Waals surface area contributed by atoms with E-state index in [1.54, 1.807) is 0 Å². The topological polar surface area (TPSA) is 78.9 Å². The smallest absolute Gasteiger partial charge is 0.306 e. The van der Waals surface area contributed by atoms with Gasteiger partial charge >= 0.3 is 17.9 Å². The Hall–Kier alpha value is -1.85. The van der Waals surface area contributed by atoms with Crippen LogP contribution in [0.2, 0.25) is 0 Å². The standard InChI is InChI=1S/C49H92O6/c1-4-7-10-13-16-19-22-24-27-30-33-36-39-42-48(51)54-45-46(44-53-47(50)41-38-35-32-29-26-21-18-15-12-9-6-3)55-49(52)43-40-37-34-31-28-25-23-20-17-14-11-8-5-2/h19,22,46H,4-18,20-21,23-45H2,1-3H3. The van der Waals surface area contributed by atoms with Crippen LogP contribution in [0.15, 0.2) is 12.2 Å². The van der Waals surface area contributed by atoms with Gasteiger partial charge in [-0.25, -0.2) is 0 Å². The van der Waals surface area contributed by atoms with Gasteiger partial charge in [-0.3, -0.25) is 14.4 Å². The molecule has 0 spiro atoms. The average Bonchev–Trinajstić information content (AvgIpc) is 3.18. The third kappa shape index (κ3) is 43.1. The van der Waals surface area contributed by atoms with E-state index in [4.69, 9.17) is 14.2 Å². The van der Waals surface area contributed by atoms with Crippen molar-refractivity contribution in [2.45, 2.75) is 271 Å². The molecule has 0 aromatic carbocycles. The molecule has 0 bridgehead atoms. The summed E-state index contributed by atoms with van der Waals surface area (Å²) >= 11 is 0. The van der Waals surface area contributed by atoms with Gasteiger partial charge in [0.2, 0.25) is 0 Å². The van der Waals surface area contributed by atoms with Crippen LogP contribution >= 0.6 is 0 Å². The number of allylic oxidation sites excluding steroid dienone is 2. The van der Waals surface area contributed by atoms with E-state index in [0.29, 0.717) is 19.3 Å². The monoisotopic (exact) mass is 777 g/mol. The predicted molar refractivity (Wildman–Crippen MR) is 233 cm³/mol. The SMILES string of the molecule is CCCCCCC=CCCCCCCCC(=O)OCC(COC(=O)CCCCCCCCCCCCC)OC(=O)CCCCCCCCCCCCCCC. The lowest BCUT2D eigenvalue weighted by atomic mass is 10.0. The maximum Gasteiger partial charge on any atom is 0.306 e. The molecule has 0 radical (unpaired) electrons. The van der Waals surface area contributed by atoms with Crippen molar-refractivity contribution < 1.29 is 28.6 Å². The highest BCUT2D eigenvalue weighted by Gasteiger charge is 2.19. The molecule has 0 N–H and O–H groups in total. The van der Waals surface area contributed by atoms with Crippen molar-refractivity contribution >= 4 is 17.9 Å². The number of hydrogen-bond donors (Lipinski definition) is 0. The normalized spacial score (nSPS) is 12.0. The van der Waals surface area contributed by atoms with Crippen LogP contribution in [-0.4, -0.2) is 37.2 Å². The third-order valence-electron chi connectivity index (χ3n) is 10.8. The van der Waals surface area contributed by atoms with E-state index < -0.39 is 6.10 Å². The van der Waals surface area contributed by atoms with Crippen LogP contribution in [0.5, 0.6) is 0 Å². The second-order valence-electron chi connectivity index (χ2n) is 16.4. The number of unbranched alkanes of at least 4 members (excludes halogenated alkanes) is 31. The van der Waals surface area contributed by atoms with Crippen molar-refractivity contribution in [1.82, 2.24) is 0 Å². The number of esters is 3. The van der Waals surface area contributed by atoms with Crippen molar-refractivity contribution in [2.75, 3.05) is 13.2 Å². The predicted octanol–water partition coefficient (Wildman–Crippen LogP) is 15.4. The Bertz CT molecular complexity index is 854. The van der Waals surface area contributed by atoms with Crippen LogP contribution in [0, 0.1) is 0 Å². The van der Waals surface area contributed by atoms with Gasteiger partial charge in [-0.2, -0.15) is 0 Å². The first kappa shape index (κ1) is 53.1. The summed E-state index contributed by atoms with van der Waals surface area (Å²) in [6.45, 7) is 6.63. The lowest BCUT2D eigenvalue weighted by molar-refractivity contribution is -0.167. The summed E-state index contributed by atoms with van der Waals surface area (Å²) in [6.07, 6.45) is 47.6. The number of hydrogen-bond acceptors (Lipinski definition) is 6. The fourth-order valence-corrected chi connectivity index (χ4v) is 7.08. The van der Waals surface area contributed by atoms with E-state index in [0.717, 1.165) is 64.2 Å². The minimum absolute atomic E-state index is 0.0678. The second-order valence-corrected chi connectivity index (χ2v) is 16.4. The van der Waals surface area contributed by atoms with E-state index >= 15 is 0 Å². The molecule has 0 fully saturated rings.